The third-order valence-electron chi connectivity index (χ3n) is 1.74. The predicted octanol–water partition coefficient (Wildman–Crippen LogP) is 3.08. The van der Waals surface area contributed by atoms with Gasteiger partial charge in [-0.15, -0.1) is 0 Å². The van der Waals surface area contributed by atoms with Gasteiger partial charge in [0.2, 0.25) is 0 Å². The van der Waals surface area contributed by atoms with Crippen LogP contribution in [0, 0.1) is 0 Å². The summed E-state index contributed by atoms with van der Waals surface area (Å²) < 4.78 is 5.16. The maximum atomic E-state index is 5.16. The van der Waals surface area contributed by atoms with E-state index in [2.05, 4.69) is 25.1 Å². The molecule has 64 valence electrons. The van der Waals surface area contributed by atoms with Gasteiger partial charge in [-0.1, -0.05) is 37.3 Å². The molecule has 1 aromatic carbocycles. The lowest BCUT2D eigenvalue weighted by Crippen LogP contribution is -1.83. The quantitative estimate of drug-likeness (QED) is 0.620. The number of benzene rings is 1. The van der Waals surface area contributed by atoms with Gasteiger partial charge in [0, 0.05) is 6.42 Å². The van der Waals surface area contributed by atoms with Crippen molar-refractivity contribution in [1.82, 2.24) is 0 Å². The fourth-order valence-corrected chi connectivity index (χ4v) is 1.04. The summed E-state index contributed by atoms with van der Waals surface area (Å²) in [5.74, 6) is 1.02. The van der Waals surface area contributed by atoms with Crippen molar-refractivity contribution in [3.8, 4) is 0 Å². The second-order valence-corrected chi connectivity index (χ2v) is 2.58. The van der Waals surface area contributed by atoms with Gasteiger partial charge >= 0.3 is 0 Å². The maximum Gasteiger partial charge on any atom is 0.0958 e. The van der Waals surface area contributed by atoms with Crippen LogP contribution in [0.1, 0.15) is 18.9 Å². The Balaban J connectivity index is 2.79. The smallest absolute Gasteiger partial charge is 0.0958 e. The molecule has 1 heteroatoms. The van der Waals surface area contributed by atoms with Gasteiger partial charge in [-0.05, 0) is 11.6 Å². The molecule has 0 aliphatic carbocycles. The van der Waals surface area contributed by atoms with Crippen molar-refractivity contribution in [2.45, 2.75) is 13.3 Å². The molecular formula is C11H14O. The second kappa shape index (κ2) is 4.60. The molecule has 0 N–H and O–H groups in total. The van der Waals surface area contributed by atoms with E-state index >= 15 is 0 Å². The molecule has 0 spiro atoms. The number of allylic oxidation sites excluding steroid dienone is 1. The lowest BCUT2D eigenvalue weighted by atomic mass is 10.2. The molecule has 1 nitrogen and oxygen atoms in total. The summed E-state index contributed by atoms with van der Waals surface area (Å²) in [6.45, 7) is 2.08. The third kappa shape index (κ3) is 2.42. The fraction of sp³-hybridized carbons (Fsp3) is 0.273. The van der Waals surface area contributed by atoms with Crippen molar-refractivity contribution in [2.24, 2.45) is 0 Å². The summed E-state index contributed by atoms with van der Waals surface area (Å²) in [5.41, 5.74) is 1.19. The van der Waals surface area contributed by atoms with Crippen molar-refractivity contribution in [1.29, 1.82) is 0 Å². The predicted molar refractivity (Wildman–Crippen MR) is 51.7 cm³/mol. The fourth-order valence-electron chi connectivity index (χ4n) is 1.04. The lowest BCUT2D eigenvalue weighted by molar-refractivity contribution is 0.285. The van der Waals surface area contributed by atoms with E-state index in [4.69, 9.17) is 4.74 Å². The molecule has 0 radical (unpaired) electrons. The number of methoxy groups -OCH3 is 1. The maximum absolute atomic E-state index is 5.16. The zero-order valence-corrected chi connectivity index (χ0v) is 7.58. The average Bonchev–Trinajstić information content (AvgIpc) is 2.16. The van der Waals surface area contributed by atoms with Gasteiger partial charge in [0.25, 0.3) is 0 Å². The van der Waals surface area contributed by atoms with E-state index in [0.29, 0.717) is 0 Å². The largest absolute Gasteiger partial charge is 0.501 e. The zero-order chi connectivity index (χ0) is 8.81. The molecule has 0 amide bonds. The first-order valence-corrected chi connectivity index (χ1v) is 4.16. The highest BCUT2D eigenvalue weighted by molar-refractivity contribution is 5.50. The molecule has 0 fully saturated rings. The van der Waals surface area contributed by atoms with Gasteiger partial charge in [-0.3, -0.25) is 0 Å². The van der Waals surface area contributed by atoms with Crippen LogP contribution < -0.4 is 0 Å². The Kier molecular flexibility index (Phi) is 3.39. The van der Waals surface area contributed by atoms with Crippen molar-refractivity contribution in [3.05, 3.63) is 41.7 Å². The Labute approximate surface area is 73.7 Å². The minimum atomic E-state index is 0.936. The van der Waals surface area contributed by atoms with E-state index < -0.39 is 0 Å². The van der Waals surface area contributed by atoms with Crippen molar-refractivity contribution < 1.29 is 4.74 Å². The molecule has 0 saturated carbocycles. The van der Waals surface area contributed by atoms with Crippen LogP contribution in [0.2, 0.25) is 0 Å². The van der Waals surface area contributed by atoms with E-state index in [0.717, 1.165) is 12.2 Å². The first-order valence-electron chi connectivity index (χ1n) is 4.16. The molecule has 0 aromatic heterocycles. The average molecular weight is 162 g/mol. The van der Waals surface area contributed by atoms with Crippen molar-refractivity contribution in [2.75, 3.05) is 7.11 Å². The van der Waals surface area contributed by atoms with Crippen LogP contribution in [0.4, 0.5) is 0 Å². The SMILES string of the molecule is CCC(=Cc1ccccc1)OC. The molecule has 1 rings (SSSR count). The first kappa shape index (κ1) is 8.85. The highest BCUT2D eigenvalue weighted by Crippen LogP contribution is 2.09. The van der Waals surface area contributed by atoms with Gasteiger partial charge in [-0.25, -0.2) is 0 Å². The molecule has 0 heterocycles. The van der Waals surface area contributed by atoms with Crippen molar-refractivity contribution in [3.63, 3.8) is 0 Å². The van der Waals surface area contributed by atoms with Gasteiger partial charge in [0.15, 0.2) is 0 Å². The van der Waals surface area contributed by atoms with Crippen molar-refractivity contribution >= 4 is 6.08 Å². The summed E-state index contributed by atoms with van der Waals surface area (Å²) in [4.78, 5) is 0. The number of rotatable bonds is 3. The normalized spacial score (nSPS) is 11.3. The summed E-state index contributed by atoms with van der Waals surface area (Å²) in [7, 11) is 1.71. The first-order chi connectivity index (χ1) is 5.86. The lowest BCUT2D eigenvalue weighted by Gasteiger charge is -2.01. The standard InChI is InChI=1S/C11H14O/c1-3-11(12-2)9-10-7-5-4-6-8-10/h4-9H,3H2,1-2H3. The van der Waals surface area contributed by atoms with Crippen LogP contribution in [0.15, 0.2) is 36.1 Å². The molecule has 0 bridgehead atoms. The van der Waals surface area contributed by atoms with Crippen LogP contribution >= 0.6 is 0 Å². The van der Waals surface area contributed by atoms with E-state index in [1.807, 2.05) is 18.2 Å². The highest BCUT2D eigenvalue weighted by Gasteiger charge is 1.91. The van der Waals surface area contributed by atoms with Crippen LogP contribution in [0.3, 0.4) is 0 Å². The van der Waals surface area contributed by atoms with Crippen LogP contribution in [-0.4, -0.2) is 7.11 Å². The Hall–Kier alpha value is -1.24. The molecule has 12 heavy (non-hydrogen) atoms. The number of hydrogen-bond donors (Lipinski definition) is 0. The minimum Gasteiger partial charge on any atom is -0.501 e. The molecule has 0 aliphatic rings. The summed E-state index contributed by atoms with van der Waals surface area (Å²) >= 11 is 0. The van der Waals surface area contributed by atoms with Gasteiger partial charge in [0.1, 0.15) is 0 Å². The van der Waals surface area contributed by atoms with E-state index in [1.54, 1.807) is 7.11 Å². The molecule has 0 aliphatic heterocycles. The molecular weight excluding hydrogens is 148 g/mol. The van der Waals surface area contributed by atoms with E-state index in [1.165, 1.54) is 5.56 Å². The Morgan fingerprint density at radius 1 is 1.33 bits per heavy atom. The second-order valence-electron chi connectivity index (χ2n) is 2.58. The summed E-state index contributed by atoms with van der Waals surface area (Å²) in [6, 6.07) is 10.2. The topological polar surface area (TPSA) is 9.23 Å². The molecule has 1 aromatic rings. The van der Waals surface area contributed by atoms with E-state index in [-0.39, 0.29) is 0 Å². The minimum absolute atomic E-state index is 0.936. The van der Waals surface area contributed by atoms with Crippen LogP contribution in [0.25, 0.3) is 6.08 Å². The Morgan fingerprint density at radius 3 is 2.50 bits per heavy atom. The van der Waals surface area contributed by atoms with Gasteiger partial charge in [-0.2, -0.15) is 0 Å². The van der Waals surface area contributed by atoms with Crippen LogP contribution in [0.5, 0.6) is 0 Å². The third-order valence-corrected chi connectivity index (χ3v) is 1.74. The Bertz CT molecular complexity index is 243. The highest BCUT2D eigenvalue weighted by atomic mass is 16.5. The molecule has 0 unspecified atom stereocenters. The zero-order valence-electron chi connectivity index (χ0n) is 7.58. The summed E-state index contributed by atoms with van der Waals surface area (Å²) in [6.07, 6.45) is 2.99. The Morgan fingerprint density at radius 2 is 2.00 bits per heavy atom. The molecule has 0 saturated heterocycles. The summed E-state index contributed by atoms with van der Waals surface area (Å²) in [5, 5.41) is 0. The van der Waals surface area contributed by atoms with E-state index in [9.17, 15) is 0 Å². The van der Waals surface area contributed by atoms with Gasteiger partial charge in [0.05, 0.1) is 12.9 Å². The van der Waals surface area contributed by atoms with Crippen LogP contribution in [-0.2, 0) is 4.74 Å². The molecule has 0 atom stereocenters. The monoisotopic (exact) mass is 162 g/mol. The number of hydrogen-bond acceptors (Lipinski definition) is 1. The van der Waals surface area contributed by atoms with Gasteiger partial charge < -0.3 is 4.74 Å². The number of ether oxygens (including phenoxy) is 1.